The molecule has 0 bridgehead atoms. The third-order valence-electron chi connectivity index (χ3n) is 5.44. The molecule has 2 aliphatic rings. The summed E-state index contributed by atoms with van der Waals surface area (Å²) < 4.78 is 0.971. The van der Waals surface area contributed by atoms with Crippen LogP contribution in [-0.2, 0) is 4.79 Å². The number of hydrogen-bond donors (Lipinski definition) is 1. The molecule has 2 aromatic carbocycles. The Morgan fingerprint density at radius 1 is 1.15 bits per heavy atom. The molecule has 0 aromatic heterocycles. The summed E-state index contributed by atoms with van der Waals surface area (Å²) in [5.74, 6) is -1.19. The molecule has 2 aromatic rings. The van der Waals surface area contributed by atoms with Crippen LogP contribution in [0.3, 0.4) is 0 Å². The molecule has 2 N–H and O–H groups in total. The first kappa shape index (κ1) is 17.6. The topological polar surface area (TPSA) is 93.9 Å². The summed E-state index contributed by atoms with van der Waals surface area (Å²) in [5, 5.41) is 20.4. The van der Waals surface area contributed by atoms with E-state index in [0.29, 0.717) is 0 Å². The minimum atomic E-state index is -1.44. The van der Waals surface area contributed by atoms with Crippen LogP contribution in [0.15, 0.2) is 54.7 Å². The van der Waals surface area contributed by atoms with Gasteiger partial charge >= 0.3 is 0 Å². The molecule has 1 amide bonds. The number of halogens is 1. The first-order valence-electron chi connectivity index (χ1n) is 8.45. The monoisotopic (exact) mass is 466 g/mol. The van der Waals surface area contributed by atoms with Crippen molar-refractivity contribution in [3.63, 3.8) is 0 Å². The van der Waals surface area contributed by atoms with Crippen LogP contribution < -0.4 is 5.73 Å². The molecule has 1 fully saturated rings. The number of rotatable bonds is 2. The van der Waals surface area contributed by atoms with Crippen molar-refractivity contribution in [2.75, 3.05) is 0 Å². The van der Waals surface area contributed by atoms with Gasteiger partial charge in [0.15, 0.2) is 5.41 Å². The van der Waals surface area contributed by atoms with Crippen molar-refractivity contribution in [3.8, 4) is 12.1 Å². The van der Waals surface area contributed by atoms with Gasteiger partial charge in [0.1, 0.15) is 6.04 Å². The number of primary amides is 1. The number of nitrogens with zero attached hydrogens (tertiary/aromatic N) is 3. The third-order valence-corrected chi connectivity index (χ3v) is 6.11. The minimum absolute atomic E-state index is 0.541. The smallest absolute Gasteiger partial charge is 0.240 e. The van der Waals surface area contributed by atoms with Crippen molar-refractivity contribution in [1.29, 1.82) is 10.5 Å². The number of hydrogen-bond acceptors (Lipinski definition) is 4. The lowest BCUT2D eigenvalue weighted by molar-refractivity contribution is -0.122. The van der Waals surface area contributed by atoms with Crippen LogP contribution in [0.5, 0.6) is 0 Å². The van der Waals surface area contributed by atoms with Gasteiger partial charge in [-0.25, -0.2) is 0 Å². The summed E-state index contributed by atoms with van der Waals surface area (Å²) in [5.41, 5.74) is 6.93. The molecule has 132 valence electrons. The number of carbonyl (C=O) groups excluding carboxylic acids is 1. The van der Waals surface area contributed by atoms with Gasteiger partial charge in [-0.05, 0) is 57.5 Å². The summed E-state index contributed by atoms with van der Waals surface area (Å²) >= 11 is 2.18. The minimum Gasteiger partial charge on any atom is -0.368 e. The van der Waals surface area contributed by atoms with Crippen LogP contribution in [0.4, 0.5) is 0 Å². The molecule has 6 heteroatoms. The van der Waals surface area contributed by atoms with Gasteiger partial charge < -0.3 is 10.6 Å². The predicted molar refractivity (Wildman–Crippen MR) is 109 cm³/mol. The Hall–Kier alpha value is -2.84. The maximum absolute atomic E-state index is 12.5. The Kier molecular flexibility index (Phi) is 4.16. The van der Waals surface area contributed by atoms with E-state index < -0.39 is 29.3 Å². The molecule has 27 heavy (non-hydrogen) atoms. The first-order chi connectivity index (χ1) is 13.0. The Balaban J connectivity index is 2.02. The lowest BCUT2D eigenvalue weighted by atomic mass is 9.68. The summed E-state index contributed by atoms with van der Waals surface area (Å²) in [7, 11) is 0. The molecule has 0 radical (unpaired) electrons. The molecule has 0 aliphatic carbocycles. The van der Waals surface area contributed by atoms with Crippen LogP contribution >= 0.6 is 22.6 Å². The fourth-order valence-electron chi connectivity index (χ4n) is 4.39. The lowest BCUT2D eigenvalue weighted by Crippen LogP contribution is -2.41. The Morgan fingerprint density at radius 3 is 2.56 bits per heavy atom. The SMILES string of the molecule is N#CC1(C#N)C(c2cccc(I)c2)C(C(N)=O)N2C=Cc3ccccc3C21. The molecule has 4 rings (SSSR count). The maximum atomic E-state index is 12.5. The van der Waals surface area contributed by atoms with Crippen LogP contribution in [-0.4, -0.2) is 16.8 Å². The van der Waals surface area contributed by atoms with Crippen LogP contribution in [0.2, 0.25) is 0 Å². The zero-order valence-electron chi connectivity index (χ0n) is 14.2. The van der Waals surface area contributed by atoms with E-state index in [1.165, 1.54) is 0 Å². The van der Waals surface area contributed by atoms with Gasteiger partial charge in [-0.1, -0.05) is 36.4 Å². The van der Waals surface area contributed by atoms with Crippen molar-refractivity contribution in [2.24, 2.45) is 11.1 Å². The zero-order valence-corrected chi connectivity index (χ0v) is 16.4. The number of nitriles is 2. The van der Waals surface area contributed by atoms with Crippen molar-refractivity contribution in [2.45, 2.75) is 18.0 Å². The van der Waals surface area contributed by atoms with E-state index in [1.807, 2.05) is 54.6 Å². The maximum Gasteiger partial charge on any atom is 0.240 e. The van der Waals surface area contributed by atoms with Gasteiger partial charge in [-0.2, -0.15) is 10.5 Å². The summed E-state index contributed by atoms with van der Waals surface area (Å²) in [4.78, 5) is 14.3. The molecule has 0 spiro atoms. The fourth-order valence-corrected chi connectivity index (χ4v) is 4.96. The Labute approximate surface area is 170 Å². The number of carbonyl (C=O) groups is 1. The van der Waals surface area contributed by atoms with E-state index in [9.17, 15) is 15.3 Å². The van der Waals surface area contributed by atoms with Gasteiger partial charge in [0.05, 0.1) is 18.2 Å². The molecule has 2 aliphatic heterocycles. The zero-order chi connectivity index (χ0) is 19.2. The van der Waals surface area contributed by atoms with Crippen molar-refractivity contribution < 1.29 is 4.79 Å². The largest absolute Gasteiger partial charge is 0.368 e. The second kappa shape index (κ2) is 6.40. The Bertz CT molecular complexity index is 1030. The molecular weight excluding hydrogens is 451 g/mol. The molecule has 1 saturated heterocycles. The second-order valence-electron chi connectivity index (χ2n) is 6.77. The van der Waals surface area contributed by atoms with Crippen LogP contribution in [0, 0.1) is 31.6 Å². The van der Waals surface area contributed by atoms with E-state index in [-0.39, 0.29) is 0 Å². The van der Waals surface area contributed by atoms with E-state index in [1.54, 1.807) is 11.1 Å². The second-order valence-corrected chi connectivity index (χ2v) is 8.01. The van der Waals surface area contributed by atoms with Crippen molar-refractivity contribution in [1.82, 2.24) is 4.90 Å². The van der Waals surface area contributed by atoms with Gasteiger partial charge in [-0.3, -0.25) is 4.79 Å². The van der Waals surface area contributed by atoms with Crippen molar-refractivity contribution >= 4 is 34.6 Å². The highest BCUT2D eigenvalue weighted by Crippen LogP contribution is 2.59. The molecule has 0 saturated carbocycles. The molecule has 5 nitrogen and oxygen atoms in total. The quantitative estimate of drug-likeness (QED) is 0.688. The predicted octanol–water partition coefficient (Wildman–Crippen LogP) is 3.30. The average molecular weight is 466 g/mol. The van der Waals surface area contributed by atoms with Crippen LogP contribution in [0.25, 0.3) is 6.08 Å². The van der Waals surface area contributed by atoms with Crippen molar-refractivity contribution in [3.05, 3.63) is 75.0 Å². The van der Waals surface area contributed by atoms with E-state index in [4.69, 9.17) is 5.73 Å². The standard InChI is InChI=1S/C21H15IN4O/c22-15-6-3-5-14(10-15)17-18(20(25)27)26-9-8-13-4-1-2-7-16(13)19(26)21(17,11-23)12-24/h1-10,17-19H,(H2,25,27). The number of amides is 1. The van der Waals surface area contributed by atoms with E-state index in [0.717, 1.165) is 20.3 Å². The molecular formula is C21H15IN4O. The Morgan fingerprint density at radius 2 is 1.89 bits per heavy atom. The highest BCUT2D eigenvalue weighted by molar-refractivity contribution is 14.1. The lowest BCUT2D eigenvalue weighted by Gasteiger charge is -2.34. The summed E-state index contributed by atoms with van der Waals surface area (Å²) in [6, 6.07) is 18.4. The number of nitrogens with two attached hydrogens (primary N) is 1. The van der Waals surface area contributed by atoms with Crippen LogP contribution in [0.1, 0.15) is 28.7 Å². The summed E-state index contributed by atoms with van der Waals surface area (Å²) in [6.07, 6.45) is 3.69. The number of benzene rings is 2. The van der Waals surface area contributed by atoms with E-state index >= 15 is 0 Å². The fraction of sp³-hybridized carbons (Fsp3) is 0.190. The first-order valence-corrected chi connectivity index (χ1v) is 9.53. The van der Waals surface area contributed by atoms with Gasteiger partial charge in [0.25, 0.3) is 0 Å². The highest BCUT2D eigenvalue weighted by Gasteiger charge is 2.63. The van der Waals surface area contributed by atoms with Gasteiger partial charge in [0, 0.05) is 15.7 Å². The molecule has 2 heterocycles. The molecule has 3 atom stereocenters. The number of fused-ring (bicyclic) bond motifs is 3. The average Bonchev–Trinajstić information content (AvgIpc) is 2.99. The highest BCUT2D eigenvalue weighted by atomic mass is 127. The van der Waals surface area contributed by atoms with E-state index in [2.05, 4.69) is 34.7 Å². The molecule has 3 unspecified atom stereocenters. The third kappa shape index (κ3) is 2.44. The van der Waals surface area contributed by atoms with Gasteiger partial charge in [-0.15, -0.1) is 0 Å². The normalized spacial score (nSPS) is 24.4. The summed E-state index contributed by atoms with van der Waals surface area (Å²) in [6.45, 7) is 0. The van der Waals surface area contributed by atoms with Gasteiger partial charge in [0.2, 0.25) is 5.91 Å².